The van der Waals surface area contributed by atoms with Crippen LogP contribution in [0.1, 0.15) is 35.7 Å². The molecule has 1 aromatic heterocycles. The molecular formula is C11H12ClNO2. The highest BCUT2D eigenvalue weighted by molar-refractivity contribution is 6.29. The van der Waals surface area contributed by atoms with Crippen molar-refractivity contribution in [2.45, 2.75) is 26.7 Å². The number of halogens is 1. The molecule has 0 atom stereocenters. The van der Waals surface area contributed by atoms with Crippen LogP contribution < -0.4 is 0 Å². The molecule has 0 saturated heterocycles. The van der Waals surface area contributed by atoms with Gasteiger partial charge in [0, 0.05) is 18.2 Å². The molecule has 0 aromatic carbocycles. The Morgan fingerprint density at radius 1 is 1.47 bits per heavy atom. The summed E-state index contributed by atoms with van der Waals surface area (Å²) in [5.41, 5.74) is 1.23. The van der Waals surface area contributed by atoms with E-state index in [1.54, 1.807) is 19.9 Å². The van der Waals surface area contributed by atoms with Crippen LogP contribution in [-0.2, 0) is 4.79 Å². The van der Waals surface area contributed by atoms with Gasteiger partial charge in [0.25, 0.3) is 0 Å². The number of carbonyl (C=O) groups excluding carboxylic acids is 2. The van der Waals surface area contributed by atoms with E-state index < -0.39 is 0 Å². The zero-order valence-electron chi connectivity index (χ0n) is 8.71. The summed E-state index contributed by atoms with van der Waals surface area (Å²) >= 11 is 5.67. The zero-order chi connectivity index (χ0) is 11.4. The van der Waals surface area contributed by atoms with E-state index >= 15 is 0 Å². The van der Waals surface area contributed by atoms with E-state index in [2.05, 4.69) is 4.98 Å². The molecule has 0 N–H and O–H groups in total. The topological polar surface area (TPSA) is 47.0 Å². The van der Waals surface area contributed by atoms with E-state index in [0.29, 0.717) is 17.1 Å². The van der Waals surface area contributed by atoms with E-state index in [4.69, 9.17) is 11.6 Å². The Morgan fingerprint density at radius 2 is 2.13 bits per heavy atom. The Balaban J connectivity index is 2.87. The van der Waals surface area contributed by atoms with Gasteiger partial charge in [-0.1, -0.05) is 18.5 Å². The second-order valence-corrected chi connectivity index (χ2v) is 3.70. The second-order valence-electron chi connectivity index (χ2n) is 3.31. The molecule has 1 heterocycles. The number of Topliss-reactive ketones (excluding diaryl/α,β-unsaturated/α-hetero) is 2. The van der Waals surface area contributed by atoms with Crippen LogP contribution in [-0.4, -0.2) is 16.6 Å². The van der Waals surface area contributed by atoms with Crippen LogP contribution in [0.3, 0.4) is 0 Å². The molecule has 0 aliphatic rings. The van der Waals surface area contributed by atoms with Gasteiger partial charge in [-0.3, -0.25) is 9.59 Å². The number of ketones is 2. The molecule has 4 heteroatoms. The normalized spacial score (nSPS) is 10.1. The lowest BCUT2D eigenvalue weighted by molar-refractivity contribution is -0.117. The van der Waals surface area contributed by atoms with Crippen molar-refractivity contribution >= 4 is 23.2 Å². The van der Waals surface area contributed by atoms with Gasteiger partial charge in [-0.25, -0.2) is 4.98 Å². The van der Waals surface area contributed by atoms with Gasteiger partial charge >= 0.3 is 0 Å². The van der Waals surface area contributed by atoms with Crippen molar-refractivity contribution in [1.29, 1.82) is 0 Å². The summed E-state index contributed by atoms with van der Waals surface area (Å²) in [7, 11) is 0. The van der Waals surface area contributed by atoms with E-state index in [-0.39, 0.29) is 18.0 Å². The first-order valence-corrected chi connectivity index (χ1v) is 5.09. The monoisotopic (exact) mass is 225 g/mol. The summed E-state index contributed by atoms with van der Waals surface area (Å²) in [5.74, 6) is -0.252. The van der Waals surface area contributed by atoms with Crippen molar-refractivity contribution in [2.24, 2.45) is 0 Å². The highest BCUT2D eigenvalue weighted by Gasteiger charge is 2.13. The third-order valence-electron chi connectivity index (χ3n) is 2.13. The van der Waals surface area contributed by atoms with Crippen LogP contribution in [0.4, 0.5) is 0 Å². The summed E-state index contributed by atoms with van der Waals surface area (Å²) in [4.78, 5) is 26.6. The fourth-order valence-electron chi connectivity index (χ4n) is 1.21. The lowest BCUT2D eigenvalue weighted by atomic mass is 10.0. The molecule has 0 fully saturated rings. The maximum Gasteiger partial charge on any atom is 0.172 e. The molecule has 3 nitrogen and oxygen atoms in total. The number of pyridine rings is 1. The lowest BCUT2D eigenvalue weighted by Gasteiger charge is -2.03. The summed E-state index contributed by atoms with van der Waals surface area (Å²) in [6, 6.07) is 1.62. The molecule has 0 bridgehead atoms. The van der Waals surface area contributed by atoms with E-state index in [1.165, 1.54) is 6.20 Å². The Labute approximate surface area is 93.5 Å². The minimum atomic E-state index is -0.191. The predicted molar refractivity (Wildman–Crippen MR) is 58.2 cm³/mol. The first-order chi connectivity index (χ1) is 7.04. The molecule has 0 amide bonds. The first kappa shape index (κ1) is 11.9. The molecule has 0 aliphatic carbocycles. The van der Waals surface area contributed by atoms with Crippen molar-refractivity contribution in [1.82, 2.24) is 4.98 Å². The van der Waals surface area contributed by atoms with E-state index in [0.717, 1.165) is 5.56 Å². The minimum absolute atomic E-state index is 0.0549. The number of aromatic nitrogens is 1. The molecular weight excluding hydrogens is 214 g/mol. The smallest absolute Gasteiger partial charge is 0.172 e. The van der Waals surface area contributed by atoms with Gasteiger partial charge < -0.3 is 0 Å². The van der Waals surface area contributed by atoms with Gasteiger partial charge in [0.1, 0.15) is 10.9 Å². The summed E-state index contributed by atoms with van der Waals surface area (Å²) in [6.45, 7) is 3.51. The van der Waals surface area contributed by atoms with Crippen LogP contribution >= 0.6 is 11.6 Å². The van der Waals surface area contributed by atoms with Gasteiger partial charge in [-0.15, -0.1) is 0 Å². The van der Waals surface area contributed by atoms with E-state index in [9.17, 15) is 9.59 Å². The fraction of sp³-hybridized carbons (Fsp3) is 0.364. The fourth-order valence-corrected chi connectivity index (χ4v) is 1.43. The van der Waals surface area contributed by atoms with Gasteiger partial charge in [0.15, 0.2) is 5.78 Å². The number of nitrogens with zero attached hydrogens (tertiary/aromatic N) is 1. The third-order valence-corrected chi connectivity index (χ3v) is 2.34. The lowest BCUT2D eigenvalue weighted by Crippen LogP contribution is -2.09. The average Bonchev–Trinajstić information content (AvgIpc) is 2.17. The van der Waals surface area contributed by atoms with Crippen molar-refractivity contribution in [3.63, 3.8) is 0 Å². The molecule has 1 rings (SSSR count). The van der Waals surface area contributed by atoms with Crippen LogP contribution in [0.5, 0.6) is 0 Å². The molecule has 80 valence electrons. The van der Waals surface area contributed by atoms with Crippen molar-refractivity contribution in [2.75, 3.05) is 0 Å². The maximum absolute atomic E-state index is 11.6. The molecule has 15 heavy (non-hydrogen) atoms. The Hall–Kier alpha value is -1.22. The van der Waals surface area contributed by atoms with Crippen molar-refractivity contribution in [3.05, 3.63) is 28.5 Å². The molecule has 1 aromatic rings. The highest BCUT2D eigenvalue weighted by atomic mass is 35.5. The molecule has 0 aliphatic heterocycles. The molecule has 0 radical (unpaired) electrons. The van der Waals surface area contributed by atoms with Gasteiger partial charge in [-0.05, 0) is 18.6 Å². The van der Waals surface area contributed by atoms with Crippen LogP contribution in [0.15, 0.2) is 12.3 Å². The average molecular weight is 226 g/mol. The molecule has 0 unspecified atom stereocenters. The number of aryl methyl sites for hydroxylation is 1. The Bertz CT molecular complexity index is 402. The van der Waals surface area contributed by atoms with E-state index in [1.807, 2.05) is 0 Å². The van der Waals surface area contributed by atoms with Gasteiger partial charge in [0.05, 0.1) is 6.42 Å². The van der Waals surface area contributed by atoms with Crippen molar-refractivity contribution < 1.29 is 9.59 Å². The van der Waals surface area contributed by atoms with Crippen LogP contribution in [0, 0.1) is 6.92 Å². The minimum Gasteiger partial charge on any atom is -0.299 e. The Morgan fingerprint density at radius 3 is 2.67 bits per heavy atom. The predicted octanol–water partition coefficient (Wildman–Crippen LogP) is 2.60. The Kier molecular flexibility index (Phi) is 3.97. The van der Waals surface area contributed by atoms with Crippen LogP contribution in [0.25, 0.3) is 0 Å². The van der Waals surface area contributed by atoms with Gasteiger partial charge in [0.2, 0.25) is 0 Å². The summed E-state index contributed by atoms with van der Waals surface area (Å²) in [5, 5.41) is 0.353. The SMILES string of the molecule is CCC(=O)CC(=O)c1cnc(Cl)cc1C. The first-order valence-electron chi connectivity index (χ1n) is 4.71. The highest BCUT2D eigenvalue weighted by Crippen LogP contribution is 2.14. The number of hydrogen-bond donors (Lipinski definition) is 0. The molecule has 0 saturated carbocycles. The number of carbonyl (C=O) groups is 2. The molecule has 0 spiro atoms. The number of rotatable bonds is 4. The van der Waals surface area contributed by atoms with Crippen LogP contribution in [0.2, 0.25) is 5.15 Å². The summed E-state index contributed by atoms with van der Waals surface area (Å²) < 4.78 is 0. The van der Waals surface area contributed by atoms with Crippen molar-refractivity contribution in [3.8, 4) is 0 Å². The van der Waals surface area contributed by atoms with Gasteiger partial charge in [-0.2, -0.15) is 0 Å². The quantitative estimate of drug-likeness (QED) is 0.450. The standard InChI is InChI=1S/C11H12ClNO2/c1-3-8(14)5-10(15)9-6-13-11(12)4-7(9)2/h4,6H,3,5H2,1-2H3. The zero-order valence-corrected chi connectivity index (χ0v) is 9.47. The second kappa shape index (κ2) is 5.03. The number of hydrogen-bond acceptors (Lipinski definition) is 3. The maximum atomic E-state index is 11.6. The third kappa shape index (κ3) is 3.13. The summed E-state index contributed by atoms with van der Waals surface area (Å²) in [6.07, 6.45) is 1.75. The largest absolute Gasteiger partial charge is 0.299 e.